The number of carbonyl (C=O) groups excluding carboxylic acids is 1. The van der Waals surface area contributed by atoms with E-state index in [1.807, 2.05) is 13.8 Å². The zero-order valence-electron chi connectivity index (χ0n) is 24.3. The second-order valence-corrected chi connectivity index (χ2v) is 10.7. The molecule has 4 aromatic rings. The van der Waals surface area contributed by atoms with Gasteiger partial charge in [0.25, 0.3) is 5.56 Å². The van der Waals surface area contributed by atoms with Crippen molar-refractivity contribution in [3.63, 3.8) is 0 Å². The summed E-state index contributed by atoms with van der Waals surface area (Å²) < 4.78 is 24.5. The normalized spacial score (nSPS) is 14.7. The van der Waals surface area contributed by atoms with Crippen LogP contribution in [0.3, 0.4) is 0 Å². The van der Waals surface area contributed by atoms with Gasteiger partial charge in [0.05, 0.1) is 47.7 Å². The molecule has 0 saturated carbocycles. The summed E-state index contributed by atoms with van der Waals surface area (Å²) in [5.41, 5.74) is 2.59. The van der Waals surface area contributed by atoms with Crippen LogP contribution < -0.4 is 24.4 Å². The fourth-order valence-electron chi connectivity index (χ4n) is 4.96. The lowest BCUT2D eigenvalue weighted by molar-refractivity contribution is -0.139. The van der Waals surface area contributed by atoms with E-state index >= 15 is 0 Å². The highest BCUT2D eigenvalue weighted by molar-refractivity contribution is 7.07. The third-order valence-electron chi connectivity index (χ3n) is 6.97. The van der Waals surface area contributed by atoms with Gasteiger partial charge in [-0.3, -0.25) is 9.36 Å². The first kappa shape index (κ1) is 29.6. The molecule has 5 rings (SSSR count). The van der Waals surface area contributed by atoms with E-state index in [1.54, 1.807) is 69.5 Å². The van der Waals surface area contributed by atoms with Gasteiger partial charge in [0, 0.05) is 11.6 Å². The standard InChI is InChI=1S/C32H30N2O8S/c1-6-40-25-15-19(10-12-24(25)39-5)28-27(31(38)41-7-2)18(4)33-32-34(28)29(35)26(43-32)16-21-11-13-23(42-21)22-14-20(30(36)37)9-8-17(22)3/h8-16,28H,6-7H2,1-5H3,(H,36,37)/t28-/m0/s1. The van der Waals surface area contributed by atoms with Gasteiger partial charge in [0.15, 0.2) is 16.3 Å². The summed E-state index contributed by atoms with van der Waals surface area (Å²) in [4.78, 5) is 43.7. The molecule has 222 valence electrons. The summed E-state index contributed by atoms with van der Waals surface area (Å²) in [7, 11) is 1.54. The number of carboxylic acid groups (broad SMARTS) is 1. The first-order valence-corrected chi connectivity index (χ1v) is 14.4. The molecule has 1 aliphatic heterocycles. The minimum absolute atomic E-state index is 0.144. The Morgan fingerprint density at radius 2 is 1.86 bits per heavy atom. The van der Waals surface area contributed by atoms with Crippen molar-refractivity contribution in [1.29, 1.82) is 0 Å². The molecule has 0 bridgehead atoms. The Bertz CT molecular complexity index is 1950. The number of hydrogen-bond donors (Lipinski definition) is 1. The second kappa shape index (κ2) is 12.1. The number of fused-ring (bicyclic) bond motifs is 1. The molecule has 1 aliphatic rings. The molecule has 1 atom stereocenters. The van der Waals surface area contributed by atoms with E-state index in [0.29, 0.717) is 55.8 Å². The average Bonchev–Trinajstić information content (AvgIpc) is 3.56. The Hall–Kier alpha value is -4.90. The molecule has 0 radical (unpaired) electrons. The monoisotopic (exact) mass is 602 g/mol. The number of nitrogens with zero attached hydrogens (tertiary/aromatic N) is 2. The maximum absolute atomic E-state index is 14.0. The molecule has 43 heavy (non-hydrogen) atoms. The zero-order chi connectivity index (χ0) is 30.8. The predicted molar refractivity (Wildman–Crippen MR) is 160 cm³/mol. The molecule has 0 fully saturated rings. The summed E-state index contributed by atoms with van der Waals surface area (Å²) in [6.45, 7) is 7.71. The van der Waals surface area contributed by atoms with Crippen LogP contribution in [0.1, 0.15) is 54.1 Å². The number of aromatic nitrogens is 1. The van der Waals surface area contributed by atoms with Gasteiger partial charge >= 0.3 is 11.9 Å². The van der Waals surface area contributed by atoms with Crippen LogP contribution >= 0.6 is 11.3 Å². The van der Waals surface area contributed by atoms with E-state index in [4.69, 9.17) is 18.6 Å². The van der Waals surface area contributed by atoms with Crippen LogP contribution in [-0.4, -0.2) is 41.9 Å². The Kier molecular flexibility index (Phi) is 8.36. The lowest BCUT2D eigenvalue weighted by atomic mass is 9.95. The molecule has 2 aromatic carbocycles. The number of rotatable bonds is 9. The lowest BCUT2D eigenvalue weighted by Crippen LogP contribution is -2.39. The molecular weight excluding hydrogens is 572 g/mol. The van der Waals surface area contributed by atoms with Crippen LogP contribution in [0.25, 0.3) is 17.4 Å². The van der Waals surface area contributed by atoms with Crippen molar-refractivity contribution in [1.82, 2.24) is 4.57 Å². The van der Waals surface area contributed by atoms with E-state index < -0.39 is 18.0 Å². The summed E-state index contributed by atoms with van der Waals surface area (Å²) in [5, 5.41) is 9.40. The number of hydrogen-bond acceptors (Lipinski definition) is 9. The molecule has 11 heteroatoms. The summed E-state index contributed by atoms with van der Waals surface area (Å²) in [5.74, 6) is 0.279. The summed E-state index contributed by atoms with van der Waals surface area (Å²) >= 11 is 1.17. The molecule has 10 nitrogen and oxygen atoms in total. The number of carboxylic acids is 1. The first-order valence-electron chi connectivity index (χ1n) is 13.6. The van der Waals surface area contributed by atoms with Gasteiger partial charge in [-0.1, -0.05) is 23.5 Å². The highest BCUT2D eigenvalue weighted by atomic mass is 32.1. The number of thiazole rings is 1. The van der Waals surface area contributed by atoms with Crippen LogP contribution in [-0.2, 0) is 9.53 Å². The van der Waals surface area contributed by atoms with E-state index in [2.05, 4.69) is 4.99 Å². The molecule has 0 unspecified atom stereocenters. The van der Waals surface area contributed by atoms with Crippen molar-refractivity contribution in [2.45, 2.75) is 33.7 Å². The Morgan fingerprint density at radius 1 is 1.07 bits per heavy atom. The Labute approximate surface area is 250 Å². The van der Waals surface area contributed by atoms with Crippen LogP contribution in [0.5, 0.6) is 11.5 Å². The number of furan rings is 1. The molecule has 0 amide bonds. The molecule has 0 spiro atoms. The maximum Gasteiger partial charge on any atom is 0.338 e. The van der Waals surface area contributed by atoms with Crippen molar-refractivity contribution in [2.75, 3.05) is 20.3 Å². The van der Waals surface area contributed by atoms with Crippen LogP contribution in [0.2, 0.25) is 0 Å². The van der Waals surface area contributed by atoms with Crippen molar-refractivity contribution < 1.29 is 33.3 Å². The number of carbonyl (C=O) groups is 2. The smallest absolute Gasteiger partial charge is 0.338 e. The van der Waals surface area contributed by atoms with Gasteiger partial charge in [0.2, 0.25) is 0 Å². The number of aromatic carboxylic acids is 1. The maximum atomic E-state index is 14.0. The molecule has 0 aliphatic carbocycles. The average molecular weight is 603 g/mol. The predicted octanol–water partition coefficient (Wildman–Crippen LogP) is 4.47. The van der Waals surface area contributed by atoms with Crippen molar-refractivity contribution in [3.05, 3.63) is 102 Å². The molecule has 1 N–H and O–H groups in total. The number of benzene rings is 2. The van der Waals surface area contributed by atoms with Gasteiger partial charge in [0.1, 0.15) is 11.5 Å². The lowest BCUT2D eigenvalue weighted by Gasteiger charge is -2.25. The van der Waals surface area contributed by atoms with Crippen molar-refractivity contribution >= 4 is 29.4 Å². The summed E-state index contributed by atoms with van der Waals surface area (Å²) in [6.07, 6.45) is 1.61. The fraction of sp³-hybridized carbons (Fsp3) is 0.250. The van der Waals surface area contributed by atoms with Crippen LogP contribution in [0, 0.1) is 6.92 Å². The number of esters is 1. The van der Waals surface area contributed by atoms with Gasteiger partial charge < -0.3 is 23.7 Å². The van der Waals surface area contributed by atoms with E-state index in [-0.39, 0.29) is 23.3 Å². The Morgan fingerprint density at radius 3 is 2.56 bits per heavy atom. The number of methoxy groups -OCH3 is 1. The van der Waals surface area contributed by atoms with Gasteiger partial charge in [-0.05, 0) is 75.2 Å². The second-order valence-electron chi connectivity index (χ2n) is 9.68. The molecule has 0 saturated heterocycles. The SMILES string of the molecule is CCOC(=O)C1=C(C)N=c2sc(=Cc3ccc(-c4cc(C(=O)O)ccc4C)o3)c(=O)n2[C@H]1c1ccc(OC)c(OCC)c1. The molecule has 2 aromatic heterocycles. The number of ether oxygens (including phenoxy) is 3. The topological polar surface area (TPSA) is 130 Å². The highest BCUT2D eigenvalue weighted by Crippen LogP contribution is 2.36. The third-order valence-corrected chi connectivity index (χ3v) is 7.95. The molecular formula is C32H30N2O8S. The van der Waals surface area contributed by atoms with Crippen molar-refractivity contribution in [2.24, 2.45) is 4.99 Å². The quantitative estimate of drug-likeness (QED) is 0.278. The Balaban J connectivity index is 1.65. The van der Waals surface area contributed by atoms with Gasteiger partial charge in [-0.2, -0.15) is 0 Å². The van der Waals surface area contributed by atoms with Crippen LogP contribution in [0.15, 0.2) is 74.0 Å². The number of allylic oxidation sites excluding steroid dienone is 1. The van der Waals surface area contributed by atoms with E-state index in [1.165, 1.54) is 22.0 Å². The van der Waals surface area contributed by atoms with Gasteiger partial charge in [-0.25, -0.2) is 14.6 Å². The number of aryl methyl sites for hydroxylation is 1. The fourth-order valence-corrected chi connectivity index (χ4v) is 5.99. The third kappa shape index (κ3) is 5.63. The minimum Gasteiger partial charge on any atom is -0.493 e. The largest absolute Gasteiger partial charge is 0.493 e. The highest BCUT2D eigenvalue weighted by Gasteiger charge is 2.34. The van der Waals surface area contributed by atoms with E-state index in [9.17, 15) is 19.5 Å². The minimum atomic E-state index is -1.04. The molecule has 3 heterocycles. The van der Waals surface area contributed by atoms with Crippen molar-refractivity contribution in [3.8, 4) is 22.8 Å². The summed E-state index contributed by atoms with van der Waals surface area (Å²) in [6, 6.07) is 12.7. The first-order chi connectivity index (χ1) is 20.7. The van der Waals surface area contributed by atoms with Crippen LogP contribution in [0.4, 0.5) is 0 Å². The van der Waals surface area contributed by atoms with Gasteiger partial charge in [-0.15, -0.1) is 0 Å². The zero-order valence-corrected chi connectivity index (χ0v) is 25.1. The van der Waals surface area contributed by atoms with E-state index in [0.717, 1.165) is 5.56 Å².